The summed E-state index contributed by atoms with van der Waals surface area (Å²) in [6.45, 7) is 1.98. The van der Waals surface area contributed by atoms with Crippen LogP contribution >= 0.6 is 0 Å². The summed E-state index contributed by atoms with van der Waals surface area (Å²) in [5.74, 6) is 0.128. The maximum Gasteiger partial charge on any atom is 0.124 e. The number of aliphatic imine (C=N–C) groups is 1. The topological polar surface area (TPSA) is 56.4 Å². The maximum atomic E-state index is 9.71. The van der Waals surface area contributed by atoms with Gasteiger partial charge in [-0.05, 0) is 30.7 Å². The van der Waals surface area contributed by atoms with E-state index in [1.807, 2.05) is 43.3 Å². The van der Waals surface area contributed by atoms with Crippen LogP contribution in [0.2, 0.25) is 0 Å². The molecule has 0 aliphatic carbocycles. The van der Waals surface area contributed by atoms with E-state index in [1.54, 1.807) is 18.3 Å². The van der Waals surface area contributed by atoms with Crippen molar-refractivity contribution in [3.05, 3.63) is 65.2 Å². The number of phenols is 1. The second kappa shape index (κ2) is 5.83. The van der Waals surface area contributed by atoms with Crippen LogP contribution in [0.1, 0.15) is 29.7 Å². The van der Waals surface area contributed by atoms with Gasteiger partial charge in [0.15, 0.2) is 0 Å². The van der Waals surface area contributed by atoms with E-state index >= 15 is 0 Å². The fourth-order valence-electron chi connectivity index (χ4n) is 1.74. The van der Waals surface area contributed by atoms with Crippen molar-refractivity contribution in [1.82, 2.24) is 0 Å². The van der Waals surface area contributed by atoms with E-state index in [9.17, 15) is 5.11 Å². The highest BCUT2D eigenvalue weighted by atomic mass is 16.3. The molecule has 1 N–H and O–H groups in total. The van der Waals surface area contributed by atoms with Crippen LogP contribution in [-0.4, -0.2) is 11.3 Å². The summed E-state index contributed by atoms with van der Waals surface area (Å²) < 4.78 is 0. The maximum absolute atomic E-state index is 9.71. The first-order valence-corrected chi connectivity index (χ1v) is 6.02. The largest absolute Gasteiger partial charge is 0.507 e. The molecule has 0 spiro atoms. The van der Waals surface area contributed by atoms with Crippen LogP contribution in [0.4, 0.5) is 0 Å². The minimum Gasteiger partial charge on any atom is -0.507 e. The minimum absolute atomic E-state index is 0.00587. The Labute approximate surface area is 112 Å². The van der Waals surface area contributed by atoms with Gasteiger partial charge in [-0.2, -0.15) is 5.26 Å². The first-order chi connectivity index (χ1) is 9.20. The van der Waals surface area contributed by atoms with E-state index in [0.717, 1.165) is 5.56 Å². The molecule has 0 unspecified atom stereocenters. The zero-order valence-electron chi connectivity index (χ0n) is 10.6. The first-order valence-electron chi connectivity index (χ1n) is 6.02. The van der Waals surface area contributed by atoms with Crippen LogP contribution in [0.3, 0.4) is 0 Å². The van der Waals surface area contributed by atoms with Gasteiger partial charge in [0, 0.05) is 11.8 Å². The van der Waals surface area contributed by atoms with Crippen LogP contribution in [0.5, 0.6) is 5.75 Å². The summed E-state index contributed by atoms with van der Waals surface area (Å²) in [4.78, 5) is 4.41. The molecule has 0 saturated carbocycles. The Hall–Kier alpha value is -2.60. The number of rotatable bonds is 3. The van der Waals surface area contributed by atoms with Gasteiger partial charge in [-0.25, -0.2) is 0 Å². The van der Waals surface area contributed by atoms with E-state index in [4.69, 9.17) is 5.26 Å². The van der Waals surface area contributed by atoms with Crippen LogP contribution < -0.4 is 0 Å². The van der Waals surface area contributed by atoms with Crippen molar-refractivity contribution in [3.8, 4) is 11.8 Å². The average molecular weight is 250 g/mol. The van der Waals surface area contributed by atoms with Crippen molar-refractivity contribution in [2.75, 3.05) is 0 Å². The predicted octanol–water partition coefficient (Wildman–Crippen LogP) is 3.44. The lowest BCUT2D eigenvalue weighted by molar-refractivity contribution is 0.474. The molecule has 0 aliphatic heterocycles. The Bertz CT molecular complexity index is 627. The molecule has 3 nitrogen and oxygen atoms in total. The molecule has 0 radical (unpaired) electrons. The Balaban J connectivity index is 2.21. The molecule has 2 aromatic carbocycles. The zero-order valence-corrected chi connectivity index (χ0v) is 10.6. The Morgan fingerprint density at radius 1 is 1.21 bits per heavy atom. The van der Waals surface area contributed by atoms with Gasteiger partial charge in [0.1, 0.15) is 5.75 Å². The van der Waals surface area contributed by atoms with Crippen LogP contribution in [0, 0.1) is 11.3 Å². The highest BCUT2D eigenvalue weighted by molar-refractivity contribution is 5.84. The molecule has 0 fully saturated rings. The van der Waals surface area contributed by atoms with Crippen LogP contribution in [0.15, 0.2) is 53.5 Å². The summed E-state index contributed by atoms with van der Waals surface area (Å²) in [7, 11) is 0. The standard InChI is InChI=1S/C16H14N2O/c1-12(14-5-3-2-4-6-14)18-11-15-9-13(10-17)7-8-16(15)19/h2-9,11-12,19H,1H3/t12-/m0/s1. The average Bonchev–Trinajstić information content (AvgIpc) is 2.47. The number of nitriles is 1. The summed E-state index contributed by atoms with van der Waals surface area (Å²) >= 11 is 0. The van der Waals surface area contributed by atoms with Gasteiger partial charge >= 0.3 is 0 Å². The van der Waals surface area contributed by atoms with Gasteiger partial charge < -0.3 is 5.11 Å². The quantitative estimate of drug-likeness (QED) is 0.848. The van der Waals surface area contributed by atoms with Crippen molar-refractivity contribution in [2.45, 2.75) is 13.0 Å². The number of benzene rings is 2. The molecule has 0 amide bonds. The molecule has 2 rings (SSSR count). The highest BCUT2D eigenvalue weighted by Gasteiger charge is 2.03. The van der Waals surface area contributed by atoms with E-state index in [2.05, 4.69) is 4.99 Å². The smallest absolute Gasteiger partial charge is 0.124 e. The number of hydrogen-bond acceptors (Lipinski definition) is 3. The van der Waals surface area contributed by atoms with E-state index < -0.39 is 0 Å². The molecule has 94 valence electrons. The number of phenolic OH excluding ortho intramolecular Hbond substituents is 1. The third-order valence-electron chi connectivity index (χ3n) is 2.88. The lowest BCUT2D eigenvalue weighted by Crippen LogP contribution is -1.91. The normalized spacial score (nSPS) is 12.2. The molecular weight excluding hydrogens is 236 g/mol. The summed E-state index contributed by atoms with van der Waals surface area (Å²) in [6, 6.07) is 16.7. The highest BCUT2D eigenvalue weighted by Crippen LogP contribution is 2.19. The second-order valence-electron chi connectivity index (χ2n) is 4.25. The predicted molar refractivity (Wildman–Crippen MR) is 75.3 cm³/mol. The van der Waals surface area contributed by atoms with Crippen LogP contribution in [0.25, 0.3) is 0 Å². The van der Waals surface area contributed by atoms with Gasteiger partial charge in [0.05, 0.1) is 17.7 Å². The number of aromatic hydroxyl groups is 1. The van der Waals surface area contributed by atoms with E-state index in [1.165, 1.54) is 6.07 Å². The second-order valence-corrected chi connectivity index (χ2v) is 4.25. The fraction of sp³-hybridized carbons (Fsp3) is 0.125. The fourth-order valence-corrected chi connectivity index (χ4v) is 1.74. The molecule has 0 saturated heterocycles. The van der Waals surface area contributed by atoms with Gasteiger partial charge in [-0.1, -0.05) is 30.3 Å². The zero-order chi connectivity index (χ0) is 13.7. The van der Waals surface area contributed by atoms with Crippen molar-refractivity contribution in [1.29, 1.82) is 5.26 Å². The molecule has 2 aromatic rings. The number of nitrogens with zero attached hydrogens (tertiary/aromatic N) is 2. The summed E-state index contributed by atoms with van der Waals surface area (Å²) in [5.41, 5.74) is 2.17. The van der Waals surface area contributed by atoms with Crippen LogP contribution in [-0.2, 0) is 0 Å². The van der Waals surface area contributed by atoms with Gasteiger partial charge in [0.25, 0.3) is 0 Å². The van der Waals surface area contributed by atoms with Gasteiger partial charge in [-0.3, -0.25) is 4.99 Å². The lowest BCUT2D eigenvalue weighted by atomic mass is 10.1. The van der Waals surface area contributed by atoms with E-state index in [-0.39, 0.29) is 11.8 Å². The van der Waals surface area contributed by atoms with Crippen molar-refractivity contribution in [2.24, 2.45) is 4.99 Å². The van der Waals surface area contributed by atoms with Gasteiger partial charge in [-0.15, -0.1) is 0 Å². The molecule has 1 atom stereocenters. The molecule has 0 aromatic heterocycles. The van der Waals surface area contributed by atoms with Gasteiger partial charge in [0.2, 0.25) is 0 Å². The third kappa shape index (κ3) is 3.20. The summed E-state index contributed by atoms with van der Waals surface area (Å²) in [6.07, 6.45) is 1.60. The Morgan fingerprint density at radius 2 is 1.95 bits per heavy atom. The third-order valence-corrected chi connectivity index (χ3v) is 2.88. The van der Waals surface area contributed by atoms with E-state index in [0.29, 0.717) is 11.1 Å². The first kappa shape index (κ1) is 12.8. The lowest BCUT2D eigenvalue weighted by Gasteiger charge is -2.06. The monoisotopic (exact) mass is 250 g/mol. The summed E-state index contributed by atoms with van der Waals surface area (Å²) in [5, 5.41) is 18.5. The molecular formula is C16H14N2O. The van der Waals surface area contributed by atoms with Crippen molar-refractivity contribution >= 4 is 6.21 Å². The minimum atomic E-state index is 0.00587. The van der Waals surface area contributed by atoms with Crippen molar-refractivity contribution < 1.29 is 5.11 Å². The number of hydrogen-bond donors (Lipinski definition) is 1. The molecule has 0 aliphatic rings. The van der Waals surface area contributed by atoms with Crippen molar-refractivity contribution in [3.63, 3.8) is 0 Å². The Morgan fingerprint density at radius 3 is 2.63 bits per heavy atom. The molecule has 19 heavy (non-hydrogen) atoms. The SMILES string of the molecule is C[C@H](N=Cc1cc(C#N)ccc1O)c1ccccc1. The molecule has 0 bridgehead atoms. The molecule has 3 heteroatoms. The Kier molecular flexibility index (Phi) is 3.94. The molecule has 0 heterocycles.